The van der Waals surface area contributed by atoms with E-state index in [0.29, 0.717) is 31.6 Å². The van der Waals surface area contributed by atoms with Crippen LogP contribution in [-0.4, -0.2) is 56.5 Å². The molecule has 1 amide bonds. The molecule has 2 heterocycles. The molecule has 0 saturated carbocycles. The number of amides is 1. The first kappa shape index (κ1) is 12.9. The SMILES string of the molecule is Cc1ccnnc1C(=O)N1CCC(O)(CO)CC1. The Hall–Kier alpha value is -1.53. The molecule has 2 rings (SSSR count). The maximum Gasteiger partial charge on any atom is 0.274 e. The molecule has 98 valence electrons. The number of aliphatic hydroxyl groups is 2. The minimum Gasteiger partial charge on any atom is -0.393 e. The summed E-state index contributed by atoms with van der Waals surface area (Å²) < 4.78 is 0. The van der Waals surface area contributed by atoms with Crippen molar-refractivity contribution in [2.75, 3.05) is 19.7 Å². The van der Waals surface area contributed by atoms with Crippen molar-refractivity contribution in [2.24, 2.45) is 0 Å². The highest BCUT2D eigenvalue weighted by Gasteiger charge is 2.34. The van der Waals surface area contributed by atoms with E-state index in [4.69, 9.17) is 5.11 Å². The minimum atomic E-state index is -1.05. The highest BCUT2D eigenvalue weighted by atomic mass is 16.3. The molecule has 1 aromatic rings. The molecule has 0 aliphatic carbocycles. The second kappa shape index (κ2) is 4.99. The van der Waals surface area contributed by atoms with Crippen LogP contribution in [0.25, 0.3) is 0 Å². The molecule has 1 aliphatic heterocycles. The molecule has 2 N–H and O–H groups in total. The molecule has 6 heteroatoms. The Balaban J connectivity index is 2.07. The molecule has 0 radical (unpaired) electrons. The van der Waals surface area contributed by atoms with Crippen LogP contribution in [-0.2, 0) is 0 Å². The fourth-order valence-electron chi connectivity index (χ4n) is 2.04. The van der Waals surface area contributed by atoms with Gasteiger partial charge in [0.1, 0.15) is 0 Å². The topological polar surface area (TPSA) is 86.6 Å². The van der Waals surface area contributed by atoms with E-state index in [2.05, 4.69) is 10.2 Å². The van der Waals surface area contributed by atoms with Gasteiger partial charge < -0.3 is 15.1 Å². The summed E-state index contributed by atoms with van der Waals surface area (Å²) in [6.07, 6.45) is 2.32. The van der Waals surface area contributed by atoms with E-state index in [1.807, 2.05) is 6.92 Å². The molecule has 1 aliphatic rings. The molecule has 0 unspecified atom stereocenters. The van der Waals surface area contributed by atoms with Crippen molar-refractivity contribution >= 4 is 5.91 Å². The largest absolute Gasteiger partial charge is 0.393 e. The van der Waals surface area contributed by atoms with Gasteiger partial charge in [0.2, 0.25) is 0 Å². The maximum absolute atomic E-state index is 12.2. The number of aliphatic hydroxyl groups excluding tert-OH is 1. The fourth-order valence-corrected chi connectivity index (χ4v) is 2.04. The van der Waals surface area contributed by atoms with Crippen molar-refractivity contribution in [1.82, 2.24) is 15.1 Å². The van der Waals surface area contributed by atoms with Crippen molar-refractivity contribution in [3.05, 3.63) is 23.5 Å². The van der Waals surface area contributed by atoms with Crippen LogP contribution in [0.15, 0.2) is 12.3 Å². The van der Waals surface area contributed by atoms with Gasteiger partial charge in [-0.2, -0.15) is 5.10 Å². The average molecular weight is 251 g/mol. The lowest BCUT2D eigenvalue weighted by Crippen LogP contribution is -2.48. The monoisotopic (exact) mass is 251 g/mol. The van der Waals surface area contributed by atoms with Crippen LogP contribution in [0.5, 0.6) is 0 Å². The normalized spacial score (nSPS) is 18.7. The number of aryl methyl sites for hydroxylation is 1. The van der Waals surface area contributed by atoms with Crippen LogP contribution in [0.1, 0.15) is 28.9 Å². The zero-order valence-electron chi connectivity index (χ0n) is 10.3. The molecule has 0 atom stereocenters. The van der Waals surface area contributed by atoms with Crippen LogP contribution >= 0.6 is 0 Å². The lowest BCUT2D eigenvalue weighted by Gasteiger charge is -2.36. The average Bonchev–Trinajstić information content (AvgIpc) is 2.39. The number of aromatic nitrogens is 2. The van der Waals surface area contributed by atoms with Crippen molar-refractivity contribution in [3.8, 4) is 0 Å². The summed E-state index contributed by atoms with van der Waals surface area (Å²) in [6.45, 7) is 2.40. The van der Waals surface area contributed by atoms with Gasteiger partial charge in [0, 0.05) is 19.3 Å². The first-order valence-corrected chi connectivity index (χ1v) is 5.96. The van der Waals surface area contributed by atoms with E-state index in [1.54, 1.807) is 17.2 Å². The standard InChI is InChI=1S/C12H17N3O3/c1-9-2-5-13-14-10(9)11(17)15-6-3-12(18,8-16)4-7-15/h2,5,16,18H,3-4,6-8H2,1H3. The quantitative estimate of drug-likeness (QED) is 0.756. The molecular formula is C12H17N3O3. The van der Waals surface area contributed by atoms with E-state index in [1.165, 1.54) is 0 Å². The molecular weight excluding hydrogens is 234 g/mol. The number of hydrogen-bond acceptors (Lipinski definition) is 5. The number of carbonyl (C=O) groups excluding carboxylic acids is 1. The summed E-state index contributed by atoms with van der Waals surface area (Å²) in [5.41, 5.74) is 0.0960. The van der Waals surface area contributed by atoms with Crippen LogP contribution in [0.3, 0.4) is 0 Å². The van der Waals surface area contributed by atoms with E-state index in [-0.39, 0.29) is 12.5 Å². The Morgan fingerprint density at radius 3 is 2.72 bits per heavy atom. The fraction of sp³-hybridized carbons (Fsp3) is 0.583. The van der Waals surface area contributed by atoms with Gasteiger partial charge >= 0.3 is 0 Å². The minimum absolute atomic E-state index is 0.166. The van der Waals surface area contributed by atoms with E-state index in [0.717, 1.165) is 5.56 Å². The summed E-state index contributed by atoms with van der Waals surface area (Å²) in [7, 11) is 0. The van der Waals surface area contributed by atoms with E-state index in [9.17, 15) is 9.90 Å². The highest BCUT2D eigenvalue weighted by molar-refractivity contribution is 5.93. The van der Waals surface area contributed by atoms with Crippen LogP contribution in [0.2, 0.25) is 0 Å². The highest BCUT2D eigenvalue weighted by Crippen LogP contribution is 2.22. The van der Waals surface area contributed by atoms with E-state index < -0.39 is 5.60 Å². The molecule has 6 nitrogen and oxygen atoms in total. The Labute approximate surface area is 105 Å². The van der Waals surface area contributed by atoms with Crippen molar-refractivity contribution in [3.63, 3.8) is 0 Å². The second-order valence-corrected chi connectivity index (χ2v) is 4.74. The Morgan fingerprint density at radius 2 is 2.17 bits per heavy atom. The summed E-state index contributed by atoms with van der Waals surface area (Å²) in [6, 6.07) is 1.74. The Kier molecular flexibility index (Phi) is 3.58. The van der Waals surface area contributed by atoms with Crippen molar-refractivity contribution < 1.29 is 15.0 Å². The predicted molar refractivity (Wildman–Crippen MR) is 63.9 cm³/mol. The number of nitrogens with zero attached hydrogens (tertiary/aromatic N) is 3. The molecule has 1 aromatic heterocycles. The number of rotatable bonds is 2. The molecule has 1 fully saturated rings. The number of carbonyl (C=O) groups is 1. The number of likely N-dealkylation sites (tertiary alicyclic amines) is 1. The van der Waals surface area contributed by atoms with Gasteiger partial charge in [0.05, 0.1) is 12.2 Å². The van der Waals surface area contributed by atoms with Gasteiger partial charge in [-0.1, -0.05) is 0 Å². The number of hydrogen-bond donors (Lipinski definition) is 2. The zero-order chi connectivity index (χ0) is 13.2. The van der Waals surface area contributed by atoms with Gasteiger partial charge in [-0.3, -0.25) is 4.79 Å². The molecule has 0 bridgehead atoms. The summed E-state index contributed by atoms with van der Waals surface area (Å²) in [5, 5.41) is 26.5. The Morgan fingerprint density at radius 1 is 1.50 bits per heavy atom. The first-order chi connectivity index (χ1) is 8.56. The summed E-state index contributed by atoms with van der Waals surface area (Å²) in [4.78, 5) is 13.8. The molecule has 18 heavy (non-hydrogen) atoms. The lowest BCUT2D eigenvalue weighted by atomic mass is 9.92. The predicted octanol–water partition coefficient (Wildman–Crippen LogP) is -0.256. The third-order valence-corrected chi connectivity index (χ3v) is 3.40. The lowest BCUT2D eigenvalue weighted by molar-refractivity contribution is -0.0547. The van der Waals surface area contributed by atoms with Crippen LogP contribution < -0.4 is 0 Å². The maximum atomic E-state index is 12.2. The van der Waals surface area contributed by atoms with E-state index >= 15 is 0 Å². The van der Waals surface area contributed by atoms with Gasteiger partial charge in [-0.15, -0.1) is 5.10 Å². The van der Waals surface area contributed by atoms with Crippen LogP contribution in [0.4, 0.5) is 0 Å². The molecule has 1 saturated heterocycles. The van der Waals surface area contributed by atoms with Gasteiger partial charge in [0.15, 0.2) is 5.69 Å². The Bertz CT molecular complexity index is 442. The van der Waals surface area contributed by atoms with Gasteiger partial charge in [-0.05, 0) is 31.4 Å². The van der Waals surface area contributed by atoms with Crippen LogP contribution in [0, 0.1) is 6.92 Å². The number of piperidine rings is 1. The third-order valence-electron chi connectivity index (χ3n) is 3.40. The van der Waals surface area contributed by atoms with Crippen molar-refractivity contribution in [2.45, 2.75) is 25.4 Å². The molecule has 0 aromatic carbocycles. The second-order valence-electron chi connectivity index (χ2n) is 4.74. The summed E-state index contributed by atoms with van der Waals surface area (Å²) in [5.74, 6) is -0.166. The summed E-state index contributed by atoms with van der Waals surface area (Å²) >= 11 is 0. The molecule has 0 spiro atoms. The van der Waals surface area contributed by atoms with Gasteiger partial charge in [0.25, 0.3) is 5.91 Å². The van der Waals surface area contributed by atoms with Crippen molar-refractivity contribution in [1.29, 1.82) is 0 Å². The first-order valence-electron chi connectivity index (χ1n) is 5.96. The third kappa shape index (κ3) is 2.49. The van der Waals surface area contributed by atoms with Gasteiger partial charge in [-0.25, -0.2) is 0 Å². The smallest absolute Gasteiger partial charge is 0.274 e. The zero-order valence-corrected chi connectivity index (χ0v) is 10.3.